The molecule has 1 aliphatic carbocycles. The fraction of sp³-hybridized carbons (Fsp3) is 0.526. The van der Waals surface area contributed by atoms with Crippen LogP contribution in [-0.4, -0.2) is 40.9 Å². The molecule has 1 atom stereocenters. The lowest BCUT2D eigenvalue weighted by Crippen LogP contribution is -2.44. The van der Waals surface area contributed by atoms with Crippen molar-refractivity contribution < 1.29 is 19.5 Å². The predicted octanol–water partition coefficient (Wildman–Crippen LogP) is 2.59. The maximum absolute atomic E-state index is 12.6. The number of aromatic carboxylic acids is 1. The van der Waals surface area contributed by atoms with E-state index in [1.54, 1.807) is 13.0 Å². The smallest absolute Gasteiger partial charge is 0.336 e. The van der Waals surface area contributed by atoms with E-state index >= 15 is 0 Å². The second-order valence-electron chi connectivity index (χ2n) is 7.17. The minimum absolute atomic E-state index is 0.142. The summed E-state index contributed by atoms with van der Waals surface area (Å²) in [5.74, 6) is -1.05. The van der Waals surface area contributed by atoms with Gasteiger partial charge in [0.25, 0.3) is 0 Å². The zero-order valence-corrected chi connectivity index (χ0v) is 14.7. The van der Waals surface area contributed by atoms with E-state index in [4.69, 9.17) is 0 Å². The number of nitrogens with zero attached hydrogens (tertiary/aromatic N) is 1. The lowest BCUT2D eigenvalue weighted by atomic mass is 9.96. The Labute approximate surface area is 147 Å². The number of amides is 2. The molecule has 6 nitrogen and oxygen atoms in total. The van der Waals surface area contributed by atoms with Crippen LogP contribution in [0.25, 0.3) is 0 Å². The first-order valence-corrected chi connectivity index (χ1v) is 8.81. The summed E-state index contributed by atoms with van der Waals surface area (Å²) in [7, 11) is 0. The molecule has 1 aromatic carbocycles. The van der Waals surface area contributed by atoms with Gasteiger partial charge in [0.05, 0.1) is 11.5 Å². The van der Waals surface area contributed by atoms with Gasteiger partial charge in [0, 0.05) is 24.7 Å². The fourth-order valence-corrected chi connectivity index (χ4v) is 3.43. The van der Waals surface area contributed by atoms with Crippen molar-refractivity contribution in [3.63, 3.8) is 0 Å². The van der Waals surface area contributed by atoms with Crippen molar-refractivity contribution in [3.05, 3.63) is 28.8 Å². The predicted molar refractivity (Wildman–Crippen MR) is 93.5 cm³/mol. The van der Waals surface area contributed by atoms with Crippen LogP contribution >= 0.6 is 0 Å². The minimum atomic E-state index is -1.01. The van der Waals surface area contributed by atoms with Gasteiger partial charge in [0.1, 0.15) is 0 Å². The van der Waals surface area contributed by atoms with Crippen molar-refractivity contribution >= 4 is 23.5 Å². The summed E-state index contributed by atoms with van der Waals surface area (Å²) in [6.07, 6.45) is 3.50. The van der Waals surface area contributed by atoms with Gasteiger partial charge < -0.3 is 15.3 Å². The summed E-state index contributed by atoms with van der Waals surface area (Å²) in [5.41, 5.74) is 2.22. The summed E-state index contributed by atoms with van der Waals surface area (Å²) >= 11 is 0. The first-order chi connectivity index (χ1) is 11.9. The molecule has 0 bridgehead atoms. The molecule has 2 amide bonds. The highest BCUT2D eigenvalue weighted by molar-refractivity contribution is 5.97. The number of aryl methyl sites for hydroxylation is 2. The molecule has 0 radical (unpaired) electrons. The van der Waals surface area contributed by atoms with Crippen LogP contribution in [0.15, 0.2) is 12.1 Å². The topological polar surface area (TPSA) is 86.7 Å². The highest BCUT2D eigenvalue weighted by atomic mass is 16.4. The highest BCUT2D eigenvalue weighted by Crippen LogP contribution is 2.32. The number of nitrogens with one attached hydrogen (secondary N) is 1. The Morgan fingerprint density at radius 2 is 1.80 bits per heavy atom. The molecule has 3 rings (SSSR count). The maximum atomic E-state index is 12.6. The molecule has 2 fully saturated rings. The molecule has 134 valence electrons. The Balaban J connectivity index is 1.70. The molecule has 1 unspecified atom stereocenters. The van der Waals surface area contributed by atoms with Crippen LogP contribution in [0.1, 0.15) is 47.2 Å². The van der Waals surface area contributed by atoms with Crippen molar-refractivity contribution in [3.8, 4) is 0 Å². The fourth-order valence-electron chi connectivity index (χ4n) is 3.43. The zero-order chi connectivity index (χ0) is 18.1. The third-order valence-electron chi connectivity index (χ3n) is 5.09. The van der Waals surface area contributed by atoms with Crippen LogP contribution in [0.3, 0.4) is 0 Å². The van der Waals surface area contributed by atoms with E-state index in [2.05, 4.69) is 5.32 Å². The molecule has 25 heavy (non-hydrogen) atoms. The van der Waals surface area contributed by atoms with Gasteiger partial charge in [0.2, 0.25) is 11.8 Å². The molecule has 6 heteroatoms. The van der Waals surface area contributed by atoms with E-state index in [0.29, 0.717) is 17.8 Å². The van der Waals surface area contributed by atoms with Crippen molar-refractivity contribution in [2.24, 2.45) is 11.8 Å². The highest BCUT2D eigenvalue weighted by Gasteiger charge is 2.36. The van der Waals surface area contributed by atoms with Crippen LogP contribution < -0.4 is 5.32 Å². The zero-order valence-electron chi connectivity index (χ0n) is 14.7. The monoisotopic (exact) mass is 344 g/mol. The quantitative estimate of drug-likeness (QED) is 0.879. The van der Waals surface area contributed by atoms with Gasteiger partial charge in [-0.2, -0.15) is 0 Å². The minimum Gasteiger partial charge on any atom is -0.478 e. The van der Waals surface area contributed by atoms with Gasteiger partial charge >= 0.3 is 5.97 Å². The Morgan fingerprint density at radius 1 is 1.08 bits per heavy atom. The number of carbonyl (C=O) groups is 3. The van der Waals surface area contributed by atoms with Crippen LogP contribution in [0.5, 0.6) is 0 Å². The average Bonchev–Trinajstić information content (AvgIpc) is 3.41. The molecule has 1 heterocycles. The van der Waals surface area contributed by atoms with Crippen molar-refractivity contribution in [2.45, 2.75) is 39.5 Å². The molecular formula is C19H24N2O4. The summed E-state index contributed by atoms with van der Waals surface area (Å²) < 4.78 is 0. The number of rotatable bonds is 4. The summed E-state index contributed by atoms with van der Waals surface area (Å²) in [6, 6.07) is 3.28. The largest absolute Gasteiger partial charge is 0.478 e. The third-order valence-corrected chi connectivity index (χ3v) is 5.09. The standard InChI is InChI=1S/C19H24N2O4/c1-11-8-12(2)16(9-15(11)19(24)25)20-17(22)14-4-3-7-21(10-14)18(23)13-5-6-13/h8-9,13-14H,3-7,10H2,1-2H3,(H,20,22)(H,24,25). The van der Waals surface area contributed by atoms with E-state index in [0.717, 1.165) is 37.8 Å². The van der Waals surface area contributed by atoms with E-state index in [1.807, 2.05) is 11.8 Å². The Morgan fingerprint density at radius 3 is 2.44 bits per heavy atom. The summed E-state index contributed by atoms with van der Waals surface area (Å²) in [6.45, 7) is 4.77. The average molecular weight is 344 g/mol. The second kappa shape index (κ2) is 6.86. The van der Waals surface area contributed by atoms with E-state index in [-0.39, 0.29) is 29.2 Å². The number of hydrogen-bond donors (Lipinski definition) is 2. The third kappa shape index (κ3) is 3.83. The van der Waals surface area contributed by atoms with Crippen LogP contribution in [0, 0.1) is 25.7 Å². The lowest BCUT2D eigenvalue weighted by Gasteiger charge is -2.32. The van der Waals surface area contributed by atoms with Gasteiger partial charge in [-0.05, 0) is 56.7 Å². The Bertz CT molecular complexity index is 724. The van der Waals surface area contributed by atoms with E-state index in [9.17, 15) is 19.5 Å². The van der Waals surface area contributed by atoms with Gasteiger partial charge in [-0.15, -0.1) is 0 Å². The van der Waals surface area contributed by atoms with Gasteiger partial charge in [-0.1, -0.05) is 6.07 Å². The number of benzene rings is 1. The molecule has 1 saturated carbocycles. The molecule has 2 N–H and O–H groups in total. The number of carboxylic acid groups (broad SMARTS) is 1. The molecule has 1 aliphatic heterocycles. The number of carboxylic acids is 1. The van der Waals surface area contributed by atoms with Crippen LogP contribution in [-0.2, 0) is 9.59 Å². The number of anilines is 1. The normalized spacial score (nSPS) is 20.2. The van der Waals surface area contributed by atoms with Gasteiger partial charge in [0.15, 0.2) is 0 Å². The number of piperidine rings is 1. The van der Waals surface area contributed by atoms with Gasteiger partial charge in [-0.25, -0.2) is 4.79 Å². The van der Waals surface area contributed by atoms with Crippen LogP contribution in [0.2, 0.25) is 0 Å². The molecule has 1 aromatic rings. The first-order valence-electron chi connectivity index (χ1n) is 8.81. The molecule has 1 saturated heterocycles. The lowest BCUT2D eigenvalue weighted by molar-refractivity contribution is -0.135. The number of hydrogen-bond acceptors (Lipinski definition) is 3. The first kappa shape index (κ1) is 17.5. The van der Waals surface area contributed by atoms with Crippen molar-refractivity contribution in [1.29, 1.82) is 0 Å². The Hall–Kier alpha value is -2.37. The van der Waals surface area contributed by atoms with Crippen LogP contribution in [0.4, 0.5) is 5.69 Å². The maximum Gasteiger partial charge on any atom is 0.336 e. The number of likely N-dealkylation sites (tertiary alicyclic amines) is 1. The molecular weight excluding hydrogens is 320 g/mol. The van der Waals surface area contributed by atoms with E-state index < -0.39 is 5.97 Å². The van der Waals surface area contributed by atoms with Crippen molar-refractivity contribution in [1.82, 2.24) is 4.90 Å². The summed E-state index contributed by atoms with van der Waals surface area (Å²) in [4.78, 5) is 38.0. The SMILES string of the molecule is Cc1cc(C)c(C(=O)O)cc1NC(=O)C1CCCN(C(=O)C2CC2)C1. The summed E-state index contributed by atoms with van der Waals surface area (Å²) in [5, 5.41) is 12.1. The molecule has 0 aromatic heterocycles. The van der Waals surface area contributed by atoms with E-state index in [1.165, 1.54) is 6.07 Å². The Kier molecular flexibility index (Phi) is 4.79. The van der Waals surface area contributed by atoms with Crippen molar-refractivity contribution in [2.75, 3.05) is 18.4 Å². The number of carbonyl (C=O) groups excluding carboxylic acids is 2. The van der Waals surface area contributed by atoms with Gasteiger partial charge in [-0.3, -0.25) is 9.59 Å². The second-order valence-corrected chi connectivity index (χ2v) is 7.17. The molecule has 0 spiro atoms. The molecule has 2 aliphatic rings.